The summed E-state index contributed by atoms with van der Waals surface area (Å²) in [4.78, 5) is 17.8. The Kier molecular flexibility index (Phi) is 8.46. The molecule has 0 unspecified atom stereocenters. The Hall–Kier alpha value is -4.69. The molecule has 2 aliphatic heterocycles. The number of likely N-dealkylation sites (tertiary alicyclic amines) is 1. The summed E-state index contributed by atoms with van der Waals surface area (Å²) >= 11 is 0. The zero-order valence-electron chi connectivity index (χ0n) is 27.1. The Morgan fingerprint density at radius 3 is 2.52 bits per heavy atom. The minimum absolute atomic E-state index is 0.0112. The highest BCUT2D eigenvalue weighted by Gasteiger charge is 2.41. The molecule has 248 valence electrons. The predicted molar refractivity (Wildman–Crippen MR) is 178 cm³/mol. The molecule has 4 aromatic rings. The van der Waals surface area contributed by atoms with Crippen LogP contribution in [0.5, 0.6) is 0 Å². The molecule has 7 rings (SSSR count). The molecule has 1 saturated heterocycles. The monoisotopic (exact) mass is 653 g/mol. The lowest BCUT2D eigenvalue weighted by Crippen LogP contribution is -2.33. The van der Waals surface area contributed by atoms with Crippen molar-refractivity contribution in [3.05, 3.63) is 82.7 Å². The van der Waals surface area contributed by atoms with Crippen molar-refractivity contribution in [3.63, 3.8) is 0 Å². The molecule has 0 radical (unpaired) electrons. The van der Waals surface area contributed by atoms with Crippen LogP contribution in [-0.2, 0) is 26.3 Å². The van der Waals surface area contributed by atoms with Crippen molar-refractivity contribution < 1.29 is 18.0 Å². The molecule has 1 N–H and O–H groups in total. The van der Waals surface area contributed by atoms with Gasteiger partial charge in [0.15, 0.2) is 5.82 Å². The number of rotatable bonds is 7. The molecule has 1 aliphatic carbocycles. The number of anilines is 2. The molecular weight excluding hydrogens is 615 g/mol. The van der Waals surface area contributed by atoms with Crippen LogP contribution in [0.25, 0.3) is 22.5 Å². The number of alkyl halides is 3. The maximum atomic E-state index is 14.6. The van der Waals surface area contributed by atoms with Crippen molar-refractivity contribution in [3.8, 4) is 28.6 Å². The molecule has 1 atom stereocenters. The van der Waals surface area contributed by atoms with E-state index in [1.54, 1.807) is 29.1 Å². The van der Waals surface area contributed by atoms with Crippen molar-refractivity contribution in [2.75, 3.05) is 23.3 Å². The maximum absolute atomic E-state index is 14.6. The Balaban J connectivity index is 1.31. The van der Waals surface area contributed by atoms with Crippen LogP contribution in [0, 0.1) is 17.2 Å². The molecule has 3 heterocycles. The van der Waals surface area contributed by atoms with Crippen LogP contribution in [0.15, 0.2) is 54.9 Å². The van der Waals surface area contributed by atoms with Gasteiger partial charge in [0, 0.05) is 48.7 Å². The SMILES string of the molecule is C[C@H]1CCCN(Cc2cc3c(c(C(F)(F)F)c2)CN(c2cc(NC4CCCC4)cc(-c4ccc(C#N)cc4-c4nncn4C)c2)C3=O)C1. The number of benzene rings is 3. The largest absolute Gasteiger partial charge is 0.416 e. The highest BCUT2D eigenvalue weighted by atomic mass is 19.4. The molecule has 8 nitrogen and oxygen atoms in total. The van der Waals surface area contributed by atoms with Gasteiger partial charge >= 0.3 is 6.18 Å². The molecule has 3 aromatic carbocycles. The molecule has 2 fully saturated rings. The smallest absolute Gasteiger partial charge is 0.382 e. The molecule has 48 heavy (non-hydrogen) atoms. The van der Waals surface area contributed by atoms with E-state index in [0.717, 1.165) is 68.4 Å². The van der Waals surface area contributed by atoms with E-state index in [4.69, 9.17) is 0 Å². The van der Waals surface area contributed by atoms with Crippen LogP contribution >= 0.6 is 0 Å². The lowest BCUT2D eigenvalue weighted by molar-refractivity contribution is -0.138. The summed E-state index contributed by atoms with van der Waals surface area (Å²) in [6, 6.07) is 16.4. The number of aryl methyl sites for hydroxylation is 1. The summed E-state index contributed by atoms with van der Waals surface area (Å²) in [7, 11) is 1.82. The molecule has 0 spiro atoms. The lowest BCUT2D eigenvalue weighted by atomic mass is 9.96. The van der Waals surface area contributed by atoms with Crippen molar-refractivity contribution in [2.24, 2.45) is 13.0 Å². The van der Waals surface area contributed by atoms with E-state index in [1.807, 2.05) is 31.3 Å². The van der Waals surface area contributed by atoms with Crippen LogP contribution in [0.2, 0.25) is 0 Å². The van der Waals surface area contributed by atoms with Gasteiger partial charge in [0.25, 0.3) is 5.91 Å². The maximum Gasteiger partial charge on any atom is 0.416 e. The molecule has 11 heteroatoms. The van der Waals surface area contributed by atoms with E-state index >= 15 is 0 Å². The normalized spacial score (nSPS) is 18.7. The summed E-state index contributed by atoms with van der Waals surface area (Å²) in [6.45, 7) is 4.02. The van der Waals surface area contributed by atoms with Crippen molar-refractivity contribution >= 4 is 17.3 Å². The van der Waals surface area contributed by atoms with Crippen LogP contribution < -0.4 is 10.2 Å². The lowest BCUT2D eigenvalue weighted by Gasteiger charge is -2.31. The third kappa shape index (κ3) is 6.29. The topological polar surface area (TPSA) is 90.1 Å². The highest BCUT2D eigenvalue weighted by molar-refractivity contribution is 6.11. The van der Waals surface area contributed by atoms with E-state index in [0.29, 0.717) is 40.7 Å². The van der Waals surface area contributed by atoms with Gasteiger partial charge in [-0.15, -0.1) is 10.2 Å². The highest BCUT2D eigenvalue weighted by Crippen LogP contribution is 2.42. The van der Waals surface area contributed by atoms with Gasteiger partial charge in [-0.1, -0.05) is 25.8 Å². The fraction of sp³-hybridized carbons (Fsp3) is 0.405. The Morgan fingerprint density at radius 2 is 1.81 bits per heavy atom. The van der Waals surface area contributed by atoms with Gasteiger partial charge in [0.2, 0.25) is 0 Å². The third-order valence-corrected chi connectivity index (χ3v) is 9.92. The number of amides is 1. The van der Waals surface area contributed by atoms with Crippen molar-refractivity contribution in [1.29, 1.82) is 5.26 Å². The number of aromatic nitrogens is 3. The molecule has 0 bridgehead atoms. The second kappa shape index (κ2) is 12.7. The summed E-state index contributed by atoms with van der Waals surface area (Å²) in [5.74, 6) is 0.603. The number of nitrogens with zero attached hydrogens (tertiary/aromatic N) is 6. The van der Waals surface area contributed by atoms with Gasteiger partial charge in [-0.25, -0.2) is 0 Å². The Morgan fingerprint density at radius 1 is 1.00 bits per heavy atom. The first-order chi connectivity index (χ1) is 23.1. The Labute approximate surface area is 278 Å². The first-order valence-electron chi connectivity index (χ1n) is 16.6. The van der Waals surface area contributed by atoms with Gasteiger partial charge in [0.1, 0.15) is 6.33 Å². The first-order valence-corrected chi connectivity index (χ1v) is 16.6. The molecule has 3 aliphatic rings. The zero-order valence-corrected chi connectivity index (χ0v) is 27.1. The number of fused-ring (bicyclic) bond motifs is 1. The van der Waals surface area contributed by atoms with E-state index in [1.165, 1.54) is 11.0 Å². The average Bonchev–Trinajstić information content (AvgIpc) is 3.81. The molecular formula is C37H38F3N7O. The average molecular weight is 654 g/mol. The number of nitrogens with one attached hydrogen (secondary N) is 1. The van der Waals surface area contributed by atoms with Crippen LogP contribution in [0.1, 0.15) is 78.1 Å². The zero-order chi connectivity index (χ0) is 33.6. The Bertz CT molecular complexity index is 1900. The van der Waals surface area contributed by atoms with Crippen LogP contribution in [0.4, 0.5) is 24.5 Å². The molecule has 1 amide bonds. The third-order valence-electron chi connectivity index (χ3n) is 9.92. The number of hydrogen-bond donors (Lipinski definition) is 1. The van der Waals surface area contributed by atoms with Crippen LogP contribution in [0.3, 0.4) is 0 Å². The number of halogens is 3. The van der Waals surface area contributed by atoms with Gasteiger partial charge in [-0.2, -0.15) is 18.4 Å². The van der Waals surface area contributed by atoms with Crippen molar-refractivity contribution in [1.82, 2.24) is 19.7 Å². The molecule has 1 aromatic heterocycles. The predicted octanol–water partition coefficient (Wildman–Crippen LogP) is 7.79. The quantitative estimate of drug-likeness (QED) is 0.219. The minimum Gasteiger partial charge on any atom is -0.382 e. The van der Waals surface area contributed by atoms with Gasteiger partial charge in [-0.05, 0) is 103 Å². The fourth-order valence-corrected chi connectivity index (χ4v) is 7.60. The number of piperidine rings is 1. The van der Waals surface area contributed by atoms with Crippen molar-refractivity contribution in [2.45, 2.75) is 70.8 Å². The second-order valence-corrected chi connectivity index (χ2v) is 13.6. The summed E-state index contributed by atoms with van der Waals surface area (Å²) in [5, 5.41) is 21.6. The summed E-state index contributed by atoms with van der Waals surface area (Å²) in [6.07, 6.45) is 3.38. The number of hydrogen-bond acceptors (Lipinski definition) is 6. The standard InChI is InChI=1S/C37H38F3N7O/c1-23-6-5-11-46(19-23)20-25-13-32-33(34(14-25)37(38,39)40)21-47(36(32)48)29-16-26(15-28(17-29)43-27-7-3-4-8-27)30-10-9-24(18-41)12-31(30)35-44-42-22-45(35)2/h9-10,12-17,22-23,27,43H,3-8,11,19-21H2,1-2H3/t23-/m0/s1. The molecule has 1 saturated carbocycles. The van der Waals surface area contributed by atoms with E-state index in [-0.39, 0.29) is 23.7 Å². The van der Waals surface area contributed by atoms with E-state index < -0.39 is 17.6 Å². The minimum atomic E-state index is -4.60. The summed E-state index contributed by atoms with van der Waals surface area (Å²) < 4.78 is 45.5. The van der Waals surface area contributed by atoms with E-state index in [9.17, 15) is 23.2 Å². The number of carbonyl (C=O) groups excluding carboxylic acids is 1. The first kappa shape index (κ1) is 31.9. The van der Waals surface area contributed by atoms with Gasteiger partial charge in [0.05, 0.1) is 23.7 Å². The second-order valence-electron chi connectivity index (χ2n) is 13.6. The fourth-order valence-electron chi connectivity index (χ4n) is 7.60. The van der Waals surface area contributed by atoms with E-state index in [2.05, 4.69) is 33.4 Å². The van der Waals surface area contributed by atoms with Gasteiger partial charge in [-0.3, -0.25) is 9.69 Å². The number of nitriles is 1. The summed E-state index contributed by atoms with van der Waals surface area (Å²) in [5.41, 5.74) is 3.82. The van der Waals surface area contributed by atoms with Gasteiger partial charge < -0.3 is 14.8 Å². The number of carbonyl (C=O) groups is 1. The van der Waals surface area contributed by atoms with Crippen LogP contribution in [-0.4, -0.2) is 44.7 Å².